The molecular weight excluding hydrogens is 152 g/mol. The predicted octanol–water partition coefficient (Wildman–Crippen LogP) is 3.07. The molecule has 2 heteroatoms. The first-order chi connectivity index (χ1) is 5.81. The van der Waals surface area contributed by atoms with Crippen LogP contribution in [0.2, 0.25) is 0 Å². The van der Waals surface area contributed by atoms with Gasteiger partial charge in [-0.05, 0) is 19.3 Å². The number of carbonyl (C=O) groups excluding carboxylic acids is 1. The van der Waals surface area contributed by atoms with Crippen molar-refractivity contribution >= 4 is 5.97 Å². The number of ether oxygens (including phenoxy) is 1. The van der Waals surface area contributed by atoms with Gasteiger partial charge in [-0.15, -0.1) is 0 Å². The van der Waals surface area contributed by atoms with Gasteiger partial charge in [-0.1, -0.05) is 26.7 Å². The minimum absolute atomic E-state index is 0.103. The quantitative estimate of drug-likeness (QED) is 0.434. The topological polar surface area (TPSA) is 26.3 Å². The fraction of sp³-hybridized carbons (Fsp3) is 0.800. The summed E-state index contributed by atoms with van der Waals surface area (Å²) in [7, 11) is 0. The summed E-state index contributed by atoms with van der Waals surface area (Å²) >= 11 is 0. The maximum atomic E-state index is 10.8. The highest BCUT2D eigenvalue weighted by Gasteiger charge is 1.99. The van der Waals surface area contributed by atoms with Crippen molar-refractivity contribution < 1.29 is 9.53 Å². The molecule has 0 amide bonds. The molecule has 0 saturated carbocycles. The highest BCUT2D eigenvalue weighted by atomic mass is 16.5. The van der Waals surface area contributed by atoms with Crippen molar-refractivity contribution in [1.82, 2.24) is 0 Å². The lowest BCUT2D eigenvalue weighted by Crippen LogP contribution is -2.00. The third-order valence-electron chi connectivity index (χ3n) is 1.59. The maximum Gasteiger partial charge on any atom is 0.306 e. The third kappa shape index (κ3) is 7.58. The molecule has 0 aromatic carbocycles. The van der Waals surface area contributed by atoms with Crippen molar-refractivity contribution in [3.63, 3.8) is 0 Å². The Balaban J connectivity index is 3.03. The average molecular weight is 171 g/mol. The summed E-state index contributed by atoms with van der Waals surface area (Å²) in [6, 6.07) is 0. The molecule has 0 fully saturated rings. The van der Waals surface area contributed by atoms with Crippen LogP contribution in [0.4, 0.5) is 0 Å². The van der Waals surface area contributed by atoms with Crippen molar-refractivity contribution in [2.45, 2.75) is 52.4 Å². The lowest BCUT2D eigenvalue weighted by molar-refractivity contribution is -0.140. The summed E-state index contributed by atoms with van der Waals surface area (Å²) in [6.45, 7) is 5.76. The third-order valence-corrected chi connectivity index (χ3v) is 1.59. The molecule has 71 valence electrons. The molecule has 0 atom stereocenters. The molecular formula is C10H19O2. The molecule has 0 N–H and O–H groups in total. The lowest BCUT2D eigenvalue weighted by Gasteiger charge is -2.01. The van der Waals surface area contributed by atoms with E-state index < -0.39 is 0 Å². The van der Waals surface area contributed by atoms with Gasteiger partial charge in [-0.25, -0.2) is 0 Å². The van der Waals surface area contributed by atoms with Crippen LogP contribution in [0.1, 0.15) is 52.4 Å². The molecule has 2 nitrogen and oxygen atoms in total. The first-order valence-electron chi connectivity index (χ1n) is 4.82. The van der Waals surface area contributed by atoms with Gasteiger partial charge in [0.05, 0.1) is 0 Å². The summed E-state index contributed by atoms with van der Waals surface area (Å²) in [5.74, 6) is -0.103. The number of hydrogen-bond acceptors (Lipinski definition) is 2. The zero-order chi connectivity index (χ0) is 9.23. The Bertz CT molecular complexity index is 110. The van der Waals surface area contributed by atoms with Crippen molar-refractivity contribution in [2.24, 2.45) is 0 Å². The maximum absolute atomic E-state index is 10.8. The lowest BCUT2D eigenvalue weighted by atomic mass is 10.2. The van der Waals surface area contributed by atoms with Crippen LogP contribution in [-0.4, -0.2) is 5.97 Å². The fourth-order valence-corrected chi connectivity index (χ4v) is 0.893. The van der Waals surface area contributed by atoms with E-state index in [1.165, 1.54) is 12.8 Å². The van der Waals surface area contributed by atoms with Gasteiger partial charge in [0, 0.05) is 6.42 Å². The molecule has 0 unspecified atom stereocenters. The first kappa shape index (κ1) is 11.5. The van der Waals surface area contributed by atoms with E-state index in [0.717, 1.165) is 19.3 Å². The Morgan fingerprint density at radius 1 is 1.25 bits per heavy atom. The van der Waals surface area contributed by atoms with Crippen LogP contribution < -0.4 is 0 Å². The van der Waals surface area contributed by atoms with Gasteiger partial charge >= 0.3 is 5.97 Å². The monoisotopic (exact) mass is 171 g/mol. The number of rotatable bonds is 7. The van der Waals surface area contributed by atoms with Gasteiger partial charge < -0.3 is 4.74 Å². The standard InChI is InChI=1S/C10H19O2/c1-3-5-6-7-9-12-10(11)8-4-2/h9H,3-8H2,1-2H3. The number of hydrogen-bond donors (Lipinski definition) is 0. The van der Waals surface area contributed by atoms with E-state index in [1.807, 2.05) is 6.92 Å². The van der Waals surface area contributed by atoms with E-state index in [0.29, 0.717) is 6.42 Å². The molecule has 1 radical (unpaired) electrons. The minimum atomic E-state index is -0.103. The van der Waals surface area contributed by atoms with Gasteiger partial charge in [0.2, 0.25) is 0 Å². The summed E-state index contributed by atoms with van der Waals surface area (Å²) < 4.78 is 4.87. The summed E-state index contributed by atoms with van der Waals surface area (Å²) in [5.41, 5.74) is 0. The Kier molecular flexibility index (Phi) is 8.19. The van der Waals surface area contributed by atoms with Gasteiger partial charge in [0.25, 0.3) is 0 Å². The van der Waals surface area contributed by atoms with E-state index in [2.05, 4.69) is 6.92 Å². The van der Waals surface area contributed by atoms with Crippen LogP contribution in [0, 0.1) is 6.61 Å². The average Bonchev–Trinajstić information content (AvgIpc) is 2.05. The summed E-state index contributed by atoms with van der Waals surface area (Å²) in [6.07, 6.45) is 5.82. The zero-order valence-corrected chi connectivity index (χ0v) is 8.14. The molecule has 0 aliphatic carbocycles. The Hall–Kier alpha value is -0.530. The molecule has 0 rings (SSSR count). The van der Waals surface area contributed by atoms with Crippen LogP contribution >= 0.6 is 0 Å². The van der Waals surface area contributed by atoms with Gasteiger partial charge in [0.15, 0.2) is 0 Å². The number of unbranched alkanes of at least 4 members (excludes halogenated alkanes) is 3. The number of esters is 1. The molecule has 0 spiro atoms. The van der Waals surface area contributed by atoms with Crippen molar-refractivity contribution in [1.29, 1.82) is 0 Å². The van der Waals surface area contributed by atoms with E-state index in [4.69, 9.17) is 4.74 Å². The molecule has 0 aliphatic rings. The van der Waals surface area contributed by atoms with Gasteiger partial charge in [-0.2, -0.15) is 0 Å². The highest BCUT2D eigenvalue weighted by molar-refractivity contribution is 5.69. The second-order valence-electron chi connectivity index (χ2n) is 2.90. The van der Waals surface area contributed by atoms with Crippen LogP contribution in [0.15, 0.2) is 0 Å². The van der Waals surface area contributed by atoms with E-state index in [9.17, 15) is 4.79 Å². The Morgan fingerprint density at radius 2 is 2.00 bits per heavy atom. The van der Waals surface area contributed by atoms with Gasteiger partial charge in [-0.3, -0.25) is 4.79 Å². The second kappa shape index (κ2) is 8.57. The molecule has 0 heterocycles. The fourth-order valence-electron chi connectivity index (χ4n) is 0.893. The first-order valence-corrected chi connectivity index (χ1v) is 4.82. The van der Waals surface area contributed by atoms with Crippen LogP contribution in [0.3, 0.4) is 0 Å². The molecule has 0 aromatic heterocycles. The summed E-state index contributed by atoms with van der Waals surface area (Å²) in [4.78, 5) is 10.8. The Morgan fingerprint density at radius 3 is 2.58 bits per heavy atom. The zero-order valence-electron chi connectivity index (χ0n) is 8.14. The normalized spacial score (nSPS) is 9.83. The summed E-state index contributed by atoms with van der Waals surface area (Å²) in [5, 5.41) is 0. The van der Waals surface area contributed by atoms with Crippen molar-refractivity contribution in [3.05, 3.63) is 6.61 Å². The van der Waals surface area contributed by atoms with E-state index in [1.54, 1.807) is 6.61 Å². The van der Waals surface area contributed by atoms with Crippen molar-refractivity contribution in [3.8, 4) is 0 Å². The molecule has 0 saturated heterocycles. The molecule has 12 heavy (non-hydrogen) atoms. The van der Waals surface area contributed by atoms with Gasteiger partial charge in [0.1, 0.15) is 6.61 Å². The van der Waals surface area contributed by atoms with Crippen molar-refractivity contribution in [2.75, 3.05) is 0 Å². The SMILES string of the molecule is CCCCC[CH]OC(=O)CCC. The van der Waals surface area contributed by atoms with E-state index in [-0.39, 0.29) is 5.97 Å². The molecule has 0 bridgehead atoms. The number of carbonyl (C=O) groups is 1. The molecule has 0 aromatic rings. The largest absolute Gasteiger partial charge is 0.458 e. The van der Waals surface area contributed by atoms with Crippen LogP contribution in [0.25, 0.3) is 0 Å². The van der Waals surface area contributed by atoms with E-state index >= 15 is 0 Å². The Labute approximate surface area is 75.3 Å². The smallest absolute Gasteiger partial charge is 0.306 e. The van der Waals surface area contributed by atoms with Crippen LogP contribution in [0.5, 0.6) is 0 Å². The predicted molar refractivity (Wildman–Crippen MR) is 49.4 cm³/mol. The van der Waals surface area contributed by atoms with Crippen LogP contribution in [-0.2, 0) is 9.53 Å². The second-order valence-corrected chi connectivity index (χ2v) is 2.90. The highest BCUT2D eigenvalue weighted by Crippen LogP contribution is 2.03. The molecule has 0 aliphatic heterocycles. The minimum Gasteiger partial charge on any atom is -0.458 e.